The number of hydrogen-bond acceptors (Lipinski definition) is 5. The smallest absolute Gasteiger partial charge is 0.157 e. The Labute approximate surface area is 250 Å². The van der Waals surface area contributed by atoms with Crippen molar-refractivity contribution in [3.8, 4) is 23.0 Å². The molecular weight excluding hydrogens is 544 g/mol. The molecule has 6 heteroatoms. The first kappa shape index (κ1) is 30.7. The average Bonchev–Trinajstić information content (AvgIpc) is 3.00. The molecule has 2 unspecified atom stereocenters. The summed E-state index contributed by atoms with van der Waals surface area (Å²) in [6.07, 6.45) is 11.5. The fourth-order valence-electron chi connectivity index (χ4n) is 4.92. The Kier molecular flexibility index (Phi) is 11.4. The summed E-state index contributed by atoms with van der Waals surface area (Å²) in [5.41, 5.74) is 3.97. The molecule has 0 aliphatic heterocycles. The van der Waals surface area contributed by atoms with E-state index in [0.717, 1.165) is 36.8 Å². The van der Waals surface area contributed by atoms with Crippen molar-refractivity contribution in [1.29, 1.82) is 0 Å². The van der Waals surface area contributed by atoms with Crippen LogP contribution in [0.1, 0.15) is 59.8 Å². The predicted molar refractivity (Wildman–Crippen MR) is 172 cm³/mol. The van der Waals surface area contributed by atoms with Gasteiger partial charge >= 0.3 is 0 Å². The Morgan fingerprint density at radius 3 is 1.33 bits per heavy atom. The number of phenolic OH excluding ortho intramolecular Hbond substituents is 4. The van der Waals surface area contributed by atoms with E-state index >= 15 is 0 Å². The van der Waals surface area contributed by atoms with Crippen molar-refractivity contribution < 1.29 is 24.6 Å². The van der Waals surface area contributed by atoms with Gasteiger partial charge in [-0.15, -0.1) is 0 Å². The molecule has 0 amide bonds. The van der Waals surface area contributed by atoms with Gasteiger partial charge in [0.25, 0.3) is 0 Å². The van der Waals surface area contributed by atoms with Crippen LogP contribution in [0.2, 0.25) is 0 Å². The molecule has 0 fully saturated rings. The van der Waals surface area contributed by atoms with Crippen LogP contribution >= 0.6 is 0 Å². The summed E-state index contributed by atoms with van der Waals surface area (Å²) in [6.45, 7) is 0. The van der Waals surface area contributed by atoms with Crippen LogP contribution in [-0.4, -0.2) is 36.1 Å². The summed E-state index contributed by atoms with van der Waals surface area (Å²) < 4.78 is 12.9. The second kappa shape index (κ2) is 15.6. The lowest BCUT2D eigenvalue weighted by molar-refractivity contribution is 0.403. The van der Waals surface area contributed by atoms with Crippen molar-refractivity contribution >= 4 is 23.0 Å². The Hall–Kier alpha value is -4.29. The van der Waals surface area contributed by atoms with E-state index in [0.29, 0.717) is 11.5 Å². The van der Waals surface area contributed by atoms with Crippen LogP contribution in [0.3, 0.4) is 0 Å². The summed E-state index contributed by atoms with van der Waals surface area (Å²) in [5.74, 6) is 0.987. The number of phenols is 4. The first-order valence-electron chi connectivity index (χ1n) is 14.2. The van der Waals surface area contributed by atoms with Crippen molar-refractivity contribution in [2.45, 2.75) is 37.5 Å². The monoisotopic (exact) mass is 582 g/mol. The maximum atomic E-state index is 12.9. The van der Waals surface area contributed by atoms with Crippen LogP contribution in [0.5, 0.6) is 23.0 Å². The highest BCUT2D eigenvalue weighted by atomic mass is 32.2. The van der Waals surface area contributed by atoms with Crippen molar-refractivity contribution in [1.82, 2.24) is 0 Å². The van der Waals surface area contributed by atoms with E-state index < -0.39 is 10.8 Å². The molecule has 4 rings (SSSR count). The standard InChI is InChI=1S/C36H38O5S/c37-33-21-17-27(25-35(33)39)15-19-31(29-9-3-1-4-10-29)13-7-23-42(41)24-8-14-32(30-11-5-2-6-12-30)20-16-28-18-22-34(38)36(40)26-28/h1-6,9-12,15-22,25-26,31-32,37-40H,7-8,13-14,23-24H2/b19-15+,20-16+. The maximum Gasteiger partial charge on any atom is 0.157 e. The lowest BCUT2D eigenvalue weighted by Crippen LogP contribution is -2.06. The summed E-state index contributed by atoms with van der Waals surface area (Å²) in [4.78, 5) is 0. The lowest BCUT2D eigenvalue weighted by atomic mass is 9.93. The molecule has 2 atom stereocenters. The molecule has 4 N–H and O–H groups in total. The molecule has 0 spiro atoms. The molecule has 0 heterocycles. The van der Waals surface area contributed by atoms with Crippen molar-refractivity contribution in [2.24, 2.45) is 0 Å². The molecule has 0 saturated carbocycles. The molecule has 0 saturated heterocycles. The molecule has 4 aromatic carbocycles. The first-order valence-corrected chi connectivity index (χ1v) is 15.7. The first-order chi connectivity index (χ1) is 20.4. The topological polar surface area (TPSA) is 98.0 Å². The van der Waals surface area contributed by atoms with Gasteiger partial charge in [0.2, 0.25) is 0 Å². The zero-order valence-corrected chi connectivity index (χ0v) is 24.4. The Morgan fingerprint density at radius 1 is 0.548 bits per heavy atom. The van der Waals surface area contributed by atoms with Gasteiger partial charge in [0.15, 0.2) is 23.0 Å². The minimum atomic E-state index is -0.927. The van der Waals surface area contributed by atoms with E-state index in [1.165, 1.54) is 35.4 Å². The molecule has 0 radical (unpaired) electrons. The lowest BCUT2D eigenvalue weighted by Gasteiger charge is -2.15. The molecular formula is C36H38O5S. The molecule has 0 aromatic heterocycles. The van der Waals surface area contributed by atoms with Gasteiger partial charge in [0, 0.05) is 34.1 Å². The highest BCUT2D eigenvalue weighted by molar-refractivity contribution is 7.84. The summed E-state index contributed by atoms with van der Waals surface area (Å²) in [7, 11) is -0.927. The highest BCUT2D eigenvalue weighted by Gasteiger charge is 2.12. The van der Waals surface area contributed by atoms with Crippen LogP contribution < -0.4 is 0 Å². The van der Waals surface area contributed by atoms with Crippen LogP contribution in [0.25, 0.3) is 12.2 Å². The van der Waals surface area contributed by atoms with Gasteiger partial charge in [0.05, 0.1) is 0 Å². The quantitative estimate of drug-likeness (QED) is 0.113. The van der Waals surface area contributed by atoms with Crippen molar-refractivity contribution in [2.75, 3.05) is 11.5 Å². The van der Waals surface area contributed by atoms with Crippen molar-refractivity contribution in [3.63, 3.8) is 0 Å². The van der Waals surface area contributed by atoms with Crippen LogP contribution in [0, 0.1) is 0 Å². The van der Waals surface area contributed by atoms with Crippen LogP contribution in [0.15, 0.2) is 109 Å². The Bertz CT molecular complexity index is 1390. The second-order valence-corrected chi connectivity index (χ2v) is 12.1. The van der Waals surface area contributed by atoms with Gasteiger partial charge in [-0.3, -0.25) is 4.21 Å². The Morgan fingerprint density at radius 2 is 0.952 bits per heavy atom. The molecule has 218 valence electrons. The zero-order valence-electron chi connectivity index (χ0n) is 23.5. The fraction of sp³-hybridized carbons (Fsp3) is 0.222. The summed E-state index contributed by atoms with van der Waals surface area (Å²) in [6, 6.07) is 30.0. The van der Waals surface area contributed by atoms with Crippen LogP contribution in [-0.2, 0) is 10.8 Å². The number of allylic oxidation sites excluding steroid dienone is 2. The number of hydrogen-bond donors (Lipinski definition) is 4. The molecule has 4 aromatic rings. The van der Waals surface area contributed by atoms with E-state index in [2.05, 4.69) is 36.4 Å². The highest BCUT2D eigenvalue weighted by Crippen LogP contribution is 2.30. The van der Waals surface area contributed by atoms with E-state index in [9.17, 15) is 24.6 Å². The van der Waals surface area contributed by atoms with Gasteiger partial charge in [-0.1, -0.05) is 97.1 Å². The minimum Gasteiger partial charge on any atom is -0.504 e. The van der Waals surface area contributed by atoms with E-state index in [1.54, 1.807) is 12.1 Å². The third kappa shape index (κ3) is 9.38. The number of benzene rings is 4. The number of rotatable bonds is 14. The molecule has 0 aliphatic carbocycles. The molecule has 42 heavy (non-hydrogen) atoms. The third-order valence-electron chi connectivity index (χ3n) is 7.27. The van der Waals surface area contributed by atoms with E-state index in [1.807, 2.05) is 48.6 Å². The van der Waals surface area contributed by atoms with Crippen molar-refractivity contribution in [3.05, 3.63) is 131 Å². The minimum absolute atomic E-state index is 0.141. The van der Waals surface area contributed by atoms with E-state index in [-0.39, 0.29) is 34.8 Å². The van der Waals surface area contributed by atoms with Gasteiger partial charge in [-0.25, -0.2) is 0 Å². The SMILES string of the molecule is O=S(CCCC(/C=C/c1ccc(O)c(O)c1)c1ccccc1)CCCC(/C=C/c1ccc(O)c(O)c1)c1ccccc1. The summed E-state index contributed by atoms with van der Waals surface area (Å²) >= 11 is 0. The third-order valence-corrected chi connectivity index (χ3v) is 8.76. The molecule has 0 bridgehead atoms. The zero-order chi connectivity index (χ0) is 29.7. The van der Waals surface area contributed by atoms with Gasteiger partial charge in [-0.2, -0.15) is 0 Å². The predicted octanol–water partition coefficient (Wildman–Crippen LogP) is 8.11. The van der Waals surface area contributed by atoms with Gasteiger partial charge in [0.1, 0.15) is 0 Å². The second-order valence-electron chi connectivity index (χ2n) is 10.4. The number of aromatic hydroxyl groups is 4. The Balaban J connectivity index is 1.31. The van der Waals surface area contributed by atoms with Gasteiger partial charge in [-0.05, 0) is 72.2 Å². The molecule has 0 aliphatic rings. The maximum absolute atomic E-state index is 12.9. The average molecular weight is 583 g/mol. The molecule has 5 nitrogen and oxygen atoms in total. The normalized spacial score (nSPS) is 13.8. The van der Waals surface area contributed by atoms with E-state index in [4.69, 9.17) is 0 Å². The van der Waals surface area contributed by atoms with Gasteiger partial charge < -0.3 is 20.4 Å². The van der Waals surface area contributed by atoms with Crippen LogP contribution in [0.4, 0.5) is 0 Å². The fourth-order valence-corrected chi connectivity index (χ4v) is 6.10. The largest absolute Gasteiger partial charge is 0.504 e. The summed E-state index contributed by atoms with van der Waals surface area (Å²) in [5, 5.41) is 38.8.